The zero-order valence-corrected chi connectivity index (χ0v) is 11.4. The van der Waals surface area contributed by atoms with Gasteiger partial charge in [-0.15, -0.1) is 0 Å². The van der Waals surface area contributed by atoms with Crippen LogP contribution in [-0.4, -0.2) is 22.5 Å². The van der Waals surface area contributed by atoms with Crippen LogP contribution >= 0.6 is 11.8 Å². The molecule has 2 heterocycles. The fourth-order valence-electron chi connectivity index (χ4n) is 1.36. The van der Waals surface area contributed by atoms with E-state index in [1.54, 1.807) is 19.3 Å². The molecule has 7 heteroatoms. The van der Waals surface area contributed by atoms with Crippen molar-refractivity contribution in [1.82, 2.24) is 9.97 Å². The van der Waals surface area contributed by atoms with E-state index in [9.17, 15) is 4.79 Å². The summed E-state index contributed by atoms with van der Waals surface area (Å²) in [6.07, 6.45) is 2.97. The number of esters is 1. The minimum atomic E-state index is -0.465. The molecule has 0 spiro atoms. The summed E-state index contributed by atoms with van der Waals surface area (Å²) in [6.45, 7) is 3.86. The summed E-state index contributed by atoms with van der Waals surface area (Å²) in [7, 11) is 0. The molecule has 0 amide bonds. The van der Waals surface area contributed by atoms with Crippen molar-refractivity contribution in [3.05, 3.63) is 29.8 Å². The van der Waals surface area contributed by atoms with E-state index in [4.69, 9.17) is 14.9 Å². The number of oxazole rings is 1. The number of nitrogens with zero attached hydrogens (tertiary/aromatic N) is 2. The van der Waals surface area contributed by atoms with Crippen LogP contribution in [0.3, 0.4) is 0 Å². The quantitative estimate of drug-likeness (QED) is 0.858. The number of aromatic nitrogens is 2. The Morgan fingerprint density at radius 3 is 3.00 bits per heavy atom. The van der Waals surface area contributed by atoms with Crippen LogP contribution in [0.2, 0.25) is 0 Å². The topological polar surface area (TPSA) is 91.2 Å². The van der Waals surface area contributed by atoms with Gasteiger partial charge >= 0.3 is 5.97 Å². The Bertz CT molecular complexity index is 598. The highest BCUT2D eigenvalue weighted by Gasteiger charge is 2.14. The molecule has 0 aliphatic heterocycles. The van der Waals surface area contributed by atoms with Gasteiger partial charge in [0, 0.05) is 0 Å². The number of pyridine rings is 1. The van der Waals surface area contributed by atoms with Gasteiger partial charge in [-0.2, -0.15) is 0 Å². The van der Waals surface area contributed by atoms with Gasteiger partial charge in [-0.1, -0.05) is 0 Å². The Labute approximate surface area is 114 Å². The third kappa shape index (κ3) is 3.25. The molecule has 2 aromatic heterocycles. The third-order valence-electron chi connectivity index (χ3n) is 2.19. The van der Waals surface area contributed by atoms with Crippen molar-refractivity contribution in [3.63, 3.8) is 0 Å². The lowest BCUT2D eigenvalue weighted by Crippen LogP contribution is -2.08. The van der Waals surface area contributed by atoms with Gasteiger partial charge in [-0.3, -0.25) is 0 Å². The van der Waals surface area contributed by atoms with Crippen LogP contribution in [0.5, 0.6) is 0 Å². The minimum absolute atomic E-state index is 0.284. The molecule has 0 saturated carbocycles. The second-order valence-corrected chi connectivity index (χ2v) is 4.66. The van der Waals surface area contributed by atoms with Gasteiger partial charge in [-0.05, 0) is 31.7 Å². The summed E-state index contributed by atoms with van der Waals surface area (Å²) in [5.74, 6) is -0.465. The number of rotatable bonds is 4. The summed E-state index contributed by atoms with van der Waals surface area (Å²) in [4.78, 5) is 20.0. The Morgan fingerprint density at radius 2 is 2.37 bits per heavy atom. The van der Waals surface area contributed by atoms with Gasteiger partial charge in [0.1, 0.15) is 11.3 Å². The average Bonchev–Trinajstić information content (AvgIpc) is 2.77. The number of carbonyl (C=O) groups excluding carboxylic acids is 1. The highest BCUT2D eigenvalue weighted by Crippen LogP contribution is 2.27. The third-order valence-corrected chi connectivity index (χ3v) is 2.99. The lowest BCUT2D eigenvalue weighted by atomic mass is 10.2. The lowest BCUT2D eigenvalue weighted by molar-refractivity contribution is 0.0527. The molecule has 0 radical (unpaired) electrons. The number of hydrogen-bond donors (Lipinski definition) is 1. The first-order valence-corrected chi connectivity index (χ1v) is 6.44. The molecular formula is C12H13N3O3S. The highest BCUT2D eigenvalue weighted by atomic mass is 32.2. The second-order valence-electron chi connectivity index (χ2n) is 3.69. The van der Waals surface area contributed by atoms with E-state index < -0.39 is 5.97 Å². The summed E-state index contributed by atoms with van der Waals surface area (Å²) in [5, 5.41) is 1.03. The monoisotopic (exact) mass is 279 g/mol. The first-order valence-electron chi connectivity index (χ1n) is 5.62. The maximum Gasteiger partial charge on any atom is 0.340 e. The van der Waals surface area contributed by atoms with E-state index in [0.29, 0.717) is 22.4 Å². The van der Waals surface area contributed by atoms with E-state index in [1.165, 1.54) is 18.0 Å². The van der Waals surface area contributed by atoms with Crippen LogP contribution in [0.1, 0.15) is 23.0 Å². The van der Waals surface area contributed by atoms with E-state index >= 15 is 0 Å². The first kappa shape index (κ1) is 13.4. The molecule has 0 unspecified atom stereocenters. The predicted molar refractivity (Wildman–Crippen MR) is 70.0 cm³/mol. The normalized spacial score (nSPS) is 10.4. The van der Waals surface area contributed by atoms with Crippen molar-refractivity contribution >= 4 is 23.4 Å². The van der Waals surface area contributed by atoms with E-state index in [1.807, 2.05) is 6.92 Å². The lowest BCUT2D eigenvalue weighted by Gasteiger charge is -2.06. The number of ether oxygens (including phenoxy) is 1. The molecule has 0 saturated heterocycles. The maximum atomic E-state index is 11.7. The van der Waals surface area contributed by atoms with Gasteiger partial charge in [-0.25, -0.2) is 14.8 Å². The zero-order valence-electron chi connectivity index (χ0n) is 10.5. The smallest absolute Gasteiger partial charge is 0.340 e. The maximum absolute atomic E-state index is 11.7. The van der Waals surface area contributed by atoms with Crippen LogP contribution < -0.4 is 5.73 Å². The largest absolute Gasteiger partial charge is 0.462 e. The molecule has 2 aromatic rings. The fraction of sp³-hybridized carbons (Fsp3) is 0.250. The van der Waals surface area contributed by atoms with Crippen LogP contribution in [0.4, 0.5) is 5.69 Å². The van der Waals surface area contributed by atoms with Crippen molar-refractivity contribution in [3.8, 4) is 0 Å². The molecule has 6 nitrogen and oxygen atoms in total. The summed E-state index contributed by atoms with van der Waals surface area (Å²) in [5.41, 5.74) is 7.07. The van der Waals surface area contributed by atoms with Gasteiger partial charge in [0.25, 0.3) is 5.22 Å². The highest BCUT2D eigenvalue weighted by molar-refractivity contribution is 7.99. The molecule has 0 bridgehead atoms. The van der Waals surface area contributed by atoms with Gasteiger partial charge in [0.2, 0.25) is 0 Å². The standard InChI is InChI=1S/C12H13N3O3S/c1-3-17-11(16)8-4-10(14-5-9(8)13)19-12-15-7(2)6-18-12/h4-6H,3,13H2,1-2H3. The van der Waals surface area contributed by atoms with Gasteiger partial charge in [0.15, 0.2) is 0 Å². The Kier molecular flexibility index (Phi) is 4.06. The number of nitrogens with two attached hydrogens (primary N) is 1. The summed E-state index contributed by atoms with van der Waals surface area (Å²) >= 11 is 1.21. The van der Waals surface area contributed by atoms with E-state index in [-0.39, 0.29) is 5.69 Å². The second kappa shape index (κ2) is 5.75. The van der Waals surface area contributed by atoms with Crippen LogP contribution in [0.15, 0.2) is 33.2 Å². The number of hydrogen-bond acceptors (Lipinski definition) is 7. The molecule has 0 aromatic carbocycles. The Morgan fingerprint density at radius 1 is 1.58 bits per heavy atom. The molecule has 19 heavy (non-hydrogen) atoms. The molecule has 100 valence electrons. The van der Waals surface area contributed by atoms with Gasteiger partial charge in [0.05, 0.1) is 29.7 Å². The van der Waals surface area contributed by atoms with E-state index in [2.05, 4.69) is 9.97 Å². The number of carbonyl (C=O) groups is 1. The first-order chi connectivity index (χ1) is 9.10. The molecule has 0 aliphatic rings. The van der Waals surface area contributed by atoms with E-state index in [0.717, 1.165) is 5.69 Å². The zero-order chi connectivity index (χ0) is 13.8. The van der Waals surface area contributed by atoms with Crippen LogP contribution in [-0.2, 0) is 4.74 Å². The number of aryl methyl sites for hydroxylation is 1. The van der Waals surface area contributed by atoms with Crippen molar-refractivity contribution in [1.29, 1.82) is 0 Å². The number of anilines is 1. The number of nitrogen functional groups attached to an aromatic ring is 1. The van der Waals surface area contributed by atoms with Crippen molar-refractivity contribution < 1.29 is 13.9 Å². The van der Waals surface area contributed by atoms with Crippen LogP contribution in [0.25, 0.3) is 0 Å². The fourth-order valence-corrected chi connectivity index (χ4v) is 2.10. The minimum Gasteiger partial charge on any atom is -0.462 e. The van der Waals surface area contributed by atoms with Gasteiger partial charge < -0.3 is 14.9 Å². The van der Waals surface area contributed by atoms with Crippen molar-refractivity contribution in [2.75, 3.05) is 12.3 Å². The Hall–Kier alpha value is -2.02. The average molecular weight is 279 g/mol. The molecule has 0 atom stereocenters. The van der Waals surface area contributed by atoms with Crippen LogP contribution in [0, 0.1) is 6.92 Å². The molecule has 2 rings (SSSR count). The molecule has 0 fully saturated rings. The Balaban J connectivity index is 2.23. The summed E-state index contributed by atoms with van der Waals surface area (Å²) < 4.78 is 10.1. The molecule has 0 aliphatic carbocycles. The predicted octanol–water partition coefficient (Wildman–Crippen LogP) is 2.29. The molecule has 2 N–H and O–H groups in total. The van der Waals surface area contributed by atoms with Crippen molar-refractivity contribution in [2.24, 2.45) is 0 Å². The molecular weight excluding hydrogens is 266 g/mol. The SMILES string of the molecule is CCOC(=O)c1cc(Sc2nc(C)co2)ncc1N. The van der Waals surface area contributed by atoms with Crippen molar-refractivity contribution in [2.45, 2.75) is 24.1 Å². The summed E-state index contributed by atoms with van der Waals surface area (Å²) in [6, 6.07) is 1.57.